The van der Waals surface area contributed by atoms with Crippen LogP contribution in [0.1, 0.15) is 118 Å². The van der Waals surface area contributed by atoms with E-state index in [1.807, 2.05) is 68.4 Å². The molecule has 5 atom stereocenters. The third kappa shape index (κ3) is 18.1. The van der Waals surface area contributed by atoms with Gasteiger partial charge in [-0.05, 0) is 154 Å². The second-order valence-corrected chi connectivity index (χ2v) is 31.4. The number of nitrogens with zero attached hydrogens (tertiary/aromatic N) is 11. The van der Waals surface area contributed by atoms with Crippen LogP contribution in [0.25, 0.3) is 0 Å². The number of likely N-dealkylation sites (N-methyl/N-ethyl adjacent to an activating group) is 1. The fourth-order valence-electron chi connectivity index (χ4n) is 16.2. The van der Waals surface area contributed by atoms with Gasteiger partial charge in [0.15, 0.2) is 0 Å². The molecule has 4 N–H and O–H groups in total. The Balaban J connectivity index is 0.518. The van der Waals surface area contributed by atoms with Gasteiger partial charge in [0.2, 0.25) is 23.6 Å². The molecule has 1 aromatic heterocycles. The minimum Gasteiger partial charge on any atom is -0.497 e. The number of rotatable bonds is 24. The highest BCUT2D eigenvalue weighted by Crippen LogP contribution is 2.47. The minimum atomic E-state index is -0.654. The maximum absolute atomic E-state index is 15.8. The standard InChI is InChI=1S/C79H97Cl2F2N15O7/c1-51(2)105-67-38-62(104-6)18-19-63(67)76-89-74(54-10-14-59(80)15-11-54)75(55-12-16-60(81)17-13-55)98(76)77(103)96-33-32-95(73(102)48-96)46-71(100)84-25-31-91(5)61-35-56-43-93(44-57(56)36-61)26-20-70(99)86-42-53-9-7-8-52(34-53)41-85-68-40-69(88-50-87-68)94-29-23-79(24-30-94)49-97(47-72(101)90-79)66-39-64(82)58(37-65(66)83)45-92-27-21-78(3,4)22-28-92/h7-19,34,37-40,50-51,56-57,61,74-75H,20-33,35-36,41-49H2,1-6H3,(H,84,100)(H,86,99)(H,90,101)(H,85,87,88)/t56-,57+,61-,74-,75+/m0/s1. The van der Waals surface area contributed by atoms with E-state index in [1.54, 1.807) is 53.3 Å². The number of halogens is 4. The normalized spacial score (nSPS) is 21.8. The molecule has 6 fully saturated rings. The van der Waals surface area contributed by atoms with Crippen LogP contribution in [0, 0.1) is 28.9 Å². The van der Waals surface area contributed by atoms with Gasteiger partial charge in [-0.2, -0.15) is 0 Å². The molecule has 558 valence electrons. The number of nitrogens with one attached hydrogen (secondary N) is 4. The average Bonchev–Trinajstić information content (AvgIpc) is 1.72. The van der Waals surface area contributed by atoms with Gasteiger partial charge in [-0.3, -0.25) is 34.0 Å². The molecule has 105 heavy (non-hydrogen) atoms. The summed E-state index contributed by atoms with van der Waals surface area (Å²) in [6.45, 7) is 16.5. The van der Waals surface area contributed by atoms with Crippen molar-refractivity contribution in [3.05, 3.63) is 171 Å². The molecule has 1 saturated carbocycles. The number of ether oxygens (including phenoxy) is 2. The van der Waals surface area contributed by atoms with Gasteiger partial charge in [0.1, 0.15) is 59.5 Å². The summed E-state index contributed by atoms with van der Waals surface area (Å²) in [7, 11) is 3.68. The molecule has 5 aromatic carbocycles. The number of piperidine rings is 2. The van der Waals surface area contributed by atoms with E-state index in [9.17, 15) is 19.2 Å². The number of carbonyl (C=O) groups excluding carboxylic acids is 5. The van der Waals surface area contributed by atoms with Gasteiger partial charge in [-0.25, -0.2) is 23.5 Å². The summed E-state index contributed by atoms with van der Waals surface area (Å²) in [6.07, 6.45) is 7.05. The van der Waals surface area contributed by atoms with Crippen molar-refractivity contribution in [1.29, 1.82) is 0 Å². The zero-order valence-corrected chi connectivity index (χ0v) is 62.4. The average molecular weight is 1480 g/mol. The van der Waals surface area contributed by atoms with Crippen LogP contribution in [-0.4, -0.2) is 205 Å². The Labute approximate surface area is 624 Å². The molecule has 22 nitrogen and oxygen atoms in total. The van der Waals surface area contributed by atoms with Crippen LogP contribution in [0.3, 0.4) is 0 Å². The van der Waals surface area contributed by atoms with Gasteiger partial charge in [-0.15, -0.1) is 0 Å². The van der Waals surface area contributed by atoms with Gasteiger partial charge >= 0.3 is 6.03 Å². The van der Waals surface area contributed by atoms with E-state index in [4.69, 9.17) is 37.7 Å². The number of amidine groups is 1. The third-order valence-electron chi connectivity index (χ3n) is 22.2. The van der Waals surface area contributed by atoms with Gasteiger partial charge < -0.3 is 60.1 Å². The number of benzene rings is 5. The minimum absolute atomic E-state index is 0.00639. The lowest BCUT2D eigenvalue weighted by molar-refractivity contribution is -0.139. The monoisotopic (exact) mass is 1480 g/mol. The van der Waals surface area contributed by atoms with Gasteiger partial charge in [0, 0.05) is 131 Å². The predicted octanol–water partition coefficient (Wildman–Crippen LogP) is 10.3. The highest BCUT2D eigenvalue weighted by molar-refractivity contribution is 6.30. The molecule has 1 spiro atoms. The third-order valence-corrected chi connectivity index (χ3v) is 22.7. The van der Waals surface area contributed by atoms with Crippen molar-refractivity contribution in [2.75, 3.05) is 127 Å². The van der Waals surface area contributed by atoms with Crippen molar-refractivity contribution >= 4 is 76.0 Å². The number of urea groups is 1. The number of carbonyl (C=O) groups is 5. The van der Waals surface area contributed by atoms with E-state index < -0.39 is 35.3 Å². The maximum Gasteiger partial charge on any atom is 0.326 e. The number of hydrogen-bond acceptors (Lipinski definition) is 16. The van der Waals surface area contributed by atoms with Gasteiger partial charge in [0.05, 0.1) is 49.1 Å². The number of likely N-dealkylation sites (tertiary alicyclic amines) is 2. The highest BCUT2D eigenvalue weighted by atomic mass is 35.5. The molecular weight excluding hydrogens is 1380 g/mol. The smallest absolute Gasteiger partial charge is 0.326 e. The van der Waals surface area contributed by atoms with E-state index >= 15 is 13.6 Å². The molecule has 0 bridgehead atoms. The highest BCUT2D eigenvalue weighted by Gasteiger charge is 2.47. The first-order valence-corrected chi connectivity index (χ1v) is 37.7. The number of methoxy groups -OCH3 is 1. The summed E-state index contributed by atoms with van der Waals surface area (Å²) in [5.41, 5.74) is 4.31. The summed E-state index contributed by atoms with van der Waals surface area (Å²) in [5, 5.41) is 13.9. The van der Waals surface area contributed by atoms with Crippen molar-refractivity contribution < 1.29 is 42.2 Å². The lowest BCUT2D eigenvalue weighted by atomic mass is 9.82. The first-order valence-electron chi connectivity index (χ1n) is 36.9. The molecule has 13 rings (SSSR count). The molecule has 0 unspecified atom stereocenters. The van der Waals surface area contributed by atoms with Crippen LogP contribution in [-0.2, 0) is 38.8 Å². The zero-order valence-electron chi connectivity index (χ0n) is 60.9. The fourth-order valence-corrected chi connectivity index (χ4v) is 16.4. The molecule has 1 aliphatic carbocycles. The molecule has 6 amide bonds. The molecule has 7 heterocycles. The number of amides is 6. The van der Waals surface area contributed by atoms with Crippen molar-refractivity contribution in [3.8, 4) is 11.5 Å². The predicted molar refractivity (Wildman–Crippen MR) is 403 cm³/mol. The molecule has 26 heteroatoms. The van der Waals surface area contributed by atoms with E-state index in [2.05, 4.69) is 77.8 Å². The van der Waals surface area contributed by atoms with E-state index in [0.29, 0.717) is 140 Å². The Morgan fingerprint density at radius 1 is 0.752 bits per heavy atom. The van der Waals surface area contributed by atoms with E-state index in [-0.39, 0.29) is 73.6 Å². The lowest BCUT2D eigenvalue weighted by Crippen LogP contribution is -2.66. The van der Waals surface area contributed by atoms with E-state index in [1.165, 1.54) is 28.3 Å². The van der Waals surface area contributed by atoms with Crippen LogP contribution in [0.15, 0.2) is 121 Å². The summed E-state index contributed by atoms with van der Waals surface area (Å²) in [6, 6.07) is 31.5. The van der Waals surface area contributed by atoms with Crippen LogP contribution in [0.5, 0.6) is 11.5 Å². The second kappa shape index (κ2) is 32.6. The van der Waals surface area contributed by atoms with Crippen molar-refractivity contribution in [1.82, 2.24) is 55.3 Å². The van der Waals surface area contributed by atoms with Crippen LogP contribution < -0.4 is 40.5 Å². The Kier molecular flexibility index (Phi) is 23.1. The Bertz CT molecular complexity index is 4140. The van der Waals surface area contributed by atoms with Gasteiger partial charge in [0.25, 0.3) is 0 Å². The van der Waals surface area contributed by atoms with E-state index in [0.717, 1.165) is 79.9 Å². The Morgan fingerprint density at radius 2 is 1.46 bits per heavy atom. The van der Waals surface area contributed by atoms with Crippen LogP contribution >= 0.6 is 23.2 Å². The number of aromatic nitrogens is 2. The Morgan fingerprint density at radius 3 is 2.15 bits per heavy atom. The van der Waals surface area contributed by atoms with Crippen LogP contribution in [0.4, 0.5) is 30.9 Å². The number of anilines is 3. The molecule has 7 aliphatic rings. The lowest BCUT2D eigenvalue weighted by Gasteiger charge is -2.48. The van der Waals surface area contributed by atoms with Gasteiger partial charge in [-0.1, -0.05) is 85.6 Å². The first kappa shape index (κ1) is 74.6. The fraction of sp³-hybridized carbons (Fsp3) is 0.494. The van der Waals surface area contributed by atoms with Crippen molar-refractivity contribution in [2.24, 2.45) is 22.2 Å². The molecule has 5 saturated heterocycles. The number of fused-ring (bicyclic) bond motifs is 1. The zero-order chi connectivity index (χ0) is 73.7. The maximum atomic E-state index is 15.8. The molecule has 0 radical (unpaired) electrons. The molecule has 6 aromatic rings. The second-order valence-electron chi connectivity index (χ2n) is 30.6. The molecular formula is C79H97Cl2F2N15O7. The summed E-state index contributed by atoms with van der Waals surface area (Å²) >= 11 is 12.8. The summed E-state index contributed by atoms with van der Waals surface area (Å²) in [4.78, 5) is 99.0. The summed E-state index contributed by atoms with van der Waals surface area (Å²) in [5.74, 6) is 2.12. The molecule has 6 aliphatic heterocycles. The topological polar surface area (TPSA) is 216 Å². The van der Waals surface area contributed by atoms with Crippen LogP contribution in [0.2, 0.25) is 10.0 Å². The number of piperazine rings is 2. The largest absolute Gasteiger partial charge is 0.497 e. The first-order chi connectivity index (χ1) is 50.5. The quantitative estimate of drug-likeness (QED) is 0.0443. The van der Waals surface area contributed by atoms with Crippen molar-refractivity contribution in [3.63, 3.8) is 0 Å². The Hall–Kier alpha value is -8.68. The SMILES string of the molecule is COc1ccc(C2=N[C@@H](c3ccc(Cl)cc3)[C@@H](c3ccc(Cl)cc3)N2C(=O)N2CCN(CC(=O)NCCN(C)[C@@H]3C[C@@H]4CN(CCC(=O)NCc5cccc(CNc6cc(N7CCC8(CC7)CN(c7cc(F)c(CN9CCC(C)(C)CC9)cc7F)CC(=O)N8)ncn6)c5)C[C@@H]4C3)C(=O)C2)c(OC(C)C)c1. The summed E-state index contributed by atoms with van der Waals surface area (Å²) < 4.78 is 43.4. The number of hydrogen-bond donors (Lipinski definition) is 4. The van der Waals surface area contributed by atoms with Crippen molar-refractivity contribution in [2.45, 2.75) is 122 Å². The number of aliphatic imine (C=N–C) groups is 1.